The van der Waals surface area contributed by atoms with Crippen LogP contribution in [0.5, 0.6) is 5.75 Å². The van der Waals surface area contributed by atoms with E-state index in [0.717, 1.165) is 6.42 Å². The van der Waals surface area contributed by atoms with E-state index in [-0.39, 0.29) is 12.4 Å². The molecule has 3 aromatic rings. The molecular formula is C25H24N4O5. The SMILES string of the molecule is Cc1c(C(=O)NNC(=O)c2ccccc2)oc2c1/C(=N/NC(=O)COc1ccccc1)CCC2. The molecule has 0 fully saturated rings. The van der Waals surface area contributed by atoms with E-state index in [2.05, 4.69) is 21.4 Å². The summed E-state index contributed by atoms with van der Waals surface area (Å²) in [6.45, 7) is 1.57. The molecule has 9 heteroatoms. The largest absolute Gasteiger partial charge is 0.484 e. The lowest BCUT2D eigenvalue weighted by atomic mass is 9.93. The van der Waals surface area contributed by atoms with Gasteiger partial charge in [0.05, 0.1) is 5.71 Å². The highest BCUT2D eigenvalue weighted by Gasteiger charge is 2.28. The van der Waals surface area contributed by atoms with Gasteiger partial charge in [0.25, 0.3) is 11.8 Å². The molecule has 174 valence electrons. The monoisotopic (exact) mass is 460 g/mol. The van der Waals surface area contributed by atoms with Gasteiger partial charge in [0.1, 0.15) is 11.5 Å². The van der Waals surface area contributed by atoms with E-state index in [1.807, 2.05) is 18.2 Å². The van der Waals surface area contributed by atoms with Crippen LogP contribution in [-0.4, -0.2) is 30.0 Å². The Kier molecular flexibility index (Phi) is 7.02. The number of hydrazine groups is 1. The summed E-state index contributed by atoms with van der Waals surface area (Å²) < 4.78 is 11.2. The van der Waals surface area contributed by atoms with Crippen LogP contribution < -0.4 is 21.0 Å². The predicted octanol–water partition coefficient (Wildman–Crippen LogP) is 2.90. The second-order valence-electron chi connectivity index (χ2n) is 7.68. The number of rotatable bonds is 6. The van der Waals surface area contributed by atoms with Crippen LogP contribution in [0.1, 0.15) is 50.6 Å². The van der Waals surface area contributed by atoms with Crippen LogP contribution in [-0.2, 0) is 11.2 Å². The van der Waals surface area contributed by atoms with Crippen LogP contribution in [0.25, 0.3) is 0 Å². The maximum atomic E-state index is 12.7. The lowest BCUT2D eigenvalue weighted by Gasteiger charge is -2.13. The lowest BCUT2D eigenvalue weighted by molar-refractivity contribution is -0.123. The first kappa shape index (κ1) is 22.8. The normalized spacial score (nSPS) is 13.6. The maximum absolute atomic E-state index is 12.7. The summed E-state index contributed by atoms with van der Waals surface area (Å²) in [5, 5.41) is 4.26. The minimum atomic E-state index is -0.573. The zero-order valence-corrected chi connectivity index (χ0v) is 18.6. The molecule has 0 saturated carbocycles. The number of fused-ring (bicyclic) bond motifs is 1. The minimum absolute atomic E-state index is 0.0895. The van der Waals surface area contributed by atoms with Crippen molar-refractivity contribution >= 4 is 23.4 Å². The van der Waals surface area contributed by atoms with Gasteiger partial charge in [0.15, 0.2) is 12.4 Å². The number of para-hydroxylation sites is 1. The van der Waals surface area contributed by atoms with Crippen molar-refractivity contribution < 1.29 is 23.5 Å². The van der Waals surface area contributed by atoms with Gasteiger partial charge < -0.3 is 9.15 Å². The fraction of sp³-hybridized carbons (Fsp3) is 0.200. The van der Waals surface area contributed by atoms with Crippen molar-refractivity contribution in [2.75, 3.05) is 6.61 Å². The summed E-state index contributed by atoms with van der Waals surface area (Å²) in [5.41, 5.74) is 9.62. The summed E-state index contributed by atoms with van der Waals surface area (Å²) in [4.78, 5) is 37.0. The first-order valence-electron chi connectivity index (χ1n) is 10.8. The quantitative estimate of drug-likeness (QED) is 0.488. The first-order valence-corrected chi connectivity index (χ1v) is 10.8. The van der Waals surface area contributed by atoms with Gasteiger partial charge in [-0.2, -0.15) is 5.10 Å². The molecule has 1 heterocycles. The Hall–Kier alpha value is -4.40. The fourth-order valence-electron chi connectivity index (χ4n) is 3.66. The van der Waals surface area contributed by atoms with E-state index >= 15 is 0 Å². The third-order valence-corrected chi connectivity index (χ3v) is 5.29. The number of benzene rings is 2. The Morgan fingerprint density at radius 2 is 1.62 bits per heavy atom. The Morgan fingerprint density at radius 1 is 0.941 bits per heavy atom. The molecule has 34 heavy (non-hydrogen) atoms. The highest BCUT2D eigenvalue weighted by Crippen LogP contribution is 2.29. The van der Waals surface area contributed by atoms with Gasteiger partial charge in [-0.1, -0.05) is 36.4 Å². The Labute approximate surface area is 196 Å². The molecular weight excluding hydrogens is 436 g/mol. The number of furan rings is 1. The van der Waals surface area contributed by atoms with Crippen molar-refractivity contribution in [3.05, 3.63) is 88.9 Å². The van der Waals surface area contributed by atoms with E-state index in [4.69, 9.17) is 9.15 Å². The molecule has 0 spiro atoms. The molecule has 1 aliphatic rings. The molecule has 1 aliphatic carbocycles. The zero-order chi connectivity index (χ0) is 23.9. The van der Waals surface area contributed by atoms with Crippen molar-refractivity contribution in [1.29, 1.82) is 0 Å². The number of aryl methyl sites for hydroxylation is 1. The second kappa shape index (κ2) is 10.5. The maximum Gasteiger partial charge on any atom is 0.305 e. The number of carbonyl (C=O) groups excluding carboxylic acids is 3. The molecule has 0 saturated heterocycles. The molecule has 4 rings (SSSR count). The number of hydrazone groups is 1. The average Bonchev–Trinajstić information content (AvgIpc) is 3.22. The molecule has 2 aromatic carbocycles. The third-order valence-electron chi connectivity index (χ3n) is 5.29. The summed E-state index contributed by atoms with van der Waals surface area (Å²) in [7, 11) is 0. The second-order valence-corrected chi connectivity index (χ2v) is 7.68. The van der Waals surface area contributed by atoms with Crippen LogP contribution in [0.4, 0.5) is 0 Å². The Morgan fingerprint density at radius 3 is 2.35 bits per heavy atom. The van der Waals surface area contributed by atoms with Crippen LogP contribution in [0.15, 0.2) is 70.2 Å². The van der Waals surface area contributed by atoms with Gasteiger partial charge in [-0.05, 0) is 44.0 Å². The lowest BCUT2D eigenvalue weighted by Crippen LogP contribution is -2.41. The number of ether oxygens (including phenoxy) is 1. The van der Waals surface area contributed by atoms with E-state index in [1.54, 1.807) is 49.4 Å². The van der Waals surface area contributed by atoms with Crippen LogP contribution in [0.3, 0.4) is 0 Å². The molecule has 9 nitrogen and oxygen atoms in total. The zero-order valence-electron chi connectivity index (χ0n) is 18.6. The highest BCUT2D eigenvalue weighted by molar-refractivity contribution is 6.07. The average molecular weight is 460 g/mol. The standard InChI is InChI=1S/C25H24N4O5/c1-16-22-19(26-27-21(30)15-33-18-11-6-3-7-12-18)13-8-14-20(22)34-23(16)25(32)29-28-24(31)17-9-4-2-5-10-17/h2-7,9-12H,8,13-15H2,1H3,(H,27,30)(H,28,31)(H,29,32)/b26-19+. The molecule has 0 radical (unpaired) electrons. The molecule has 0 atom stereocenters. The minimum Gasteiger partial charge on any atom is -0.484 e. The van der Waals surface area contributed by atoms with Crippen molar-refractivity contribution in [3.63, 3.8) is 0 Å². The molecule has 0 bridgehead atoms. The van der Waals surface area contributed by atoms with Gasteiger partial charge in [0, 0.05) is 23.1 Å². The number of nitrogens with zero attached hydrogens (tertiary/aromatic N) is 1. The number of hydrogen-bond acceptors (Lipinski definition) is 6. The van der Waals surface area contributed by atoms with E-state index < -0.39 is 17.7 Å². The summed E-state index contributed by atoms with van der Waals surface area (Å²) in [5.74, 6) is -0.109. The third kappa shape index (κ3) is 5.32. The van der Waals surface area contributed by atoms with Crippen LogP contribution >= 0.6 is 0 Å². The molecule has 0 unspecified atom stereocenters. The molecule has 1 aromatic heterocycles. The summed E-state index contributed by atoms with van der Waals surface area (Å²) in [6, 6.07) is 17.6. The van der Waals surface area contributed by atoms with Crippen LogP contribution in [0, 0.1) is 6.92 Å². The molecule has 0 aliphatic heterocycles. The van der Waals surface area contributed by atoms with Gasteiger partial charge in [-0.25, -0.2) is 5.43 Å². The van der Waals surface area contributed by atoms with Crippen molar-refractivity contribution in [2.24, 2.45) is 5.10 Å². The van der Waals surface area contributed by atoms with Crippen molar-refractivity contribution in [2.45, 2.75) is 26.2 Å². The molecule has 3 N–H and O–H groups in total. The van der Waals surface area contributed by atoms with Crippen molar-refractivity contribution in [3.8, 4) is 5.75 Å². The van der Waals surface area contributed by atoms with Crippen molar-refractivity contribution in [1.82, 2.24) is 16.3 Å². The van der Waals surface area contributed by atoms with Gasteiger partial charge in [0.2, 0.25) is 0 Å². The topological polar surface area (TPSA) is 122 Å². The Bertz CT molecular complexity index is 1220. The van der Waals surface area contributed by atoms with Crippen LogP contribution in [0.2, 0.25) is 0 Å². The summed E-state index contributed by atoms with van der Waals surface area (Å²) in [6.07, 6.45) is 2.03. The van der Waals surface area contributed by atoms with E-state index in [9.17, 15) is 14.4 Å². The number of carbonyl (C=O) groups is 3. The highest BCUT2D eigenvalue weighted by atomic mass is 16.5. The predicted molar refractivity (Wildman–Crippen MR) is 124 cm³/mol. The molecule has 3 amide bonds. The first-order chi connectivity index (χ1) is 16.5. The number of hydrogen-bond donors (Lipinski definition) is 3. The van der Waals surface area contributed by atoms with E-state index in [1.165, 1.54) is 0 Å². The van der Waals surface area contributed by atoms with E-state index in [0.29, 0.717) is 46.8 Å². The number of nitrogens with one attached hydrogen (secondary N) is 3. The van der Waals surface area contributed by atoms with Gasteiger partial charge >= 0.3 is 5.91 Å². The number of amides is 3. The Balaban J connectivity index is 1.40. The van der Waals surface area contributed by atoms with Gasteiger partial charge in [-0.3, -0.25) is 25.2 Å². The fourth-order valence-corrected chi connectivity index (χ4v) is 3.66. The summed E-state index contributed by atoms with van der Waals surface area (Å²) >= 11 is 0. The van der Waals surface area contributed by atoms with Gasteiger partial charge in [-0.15, -0.1) is 0 Å². The smallest absolute Gasteiger partial charge is 0.305 e.